The van der Waals surface area contributed by atoms with E-state index in [0.717, 1.165) is 6.42 Å². The standard InChI is InChI=1S/C19H32O7/c1-7-11(4)8-14(22)26-18-15(10(2)3)19(25-12(5)21)17(24-6)13(9-20)16(18)23/h10-11,13,15,17-20H,7-9H2,1-6H3/t11-,13+,15-,17+,18+,19-/m0/s1. The maximum atomic E-state index is 12.9. The van der Waals surface area contributed by atoms with Crippen LogP contribution in [0.1, 0.15) is 47.5 Å². The lowest BCUT2D eigenvalue weighted by Gasteiger charge is -2.45. The Morgan fingerprint density at radius 2 is 1.77 bits per heavy atom. The molecule has 1 aliphatic rings. The summed E-state index contributed by atoms with van der Waals surface area (Å²) in [4.78, 5) is 36.8. The highest BCUT2D eigenvalue weighted by atomic mass is 16.6. The number of rotatable bonds is 8. The van der Waals surface area contributed by atoms with Gasteiger partial charge in [0.2, 0.25) is 0 Å². The minimum atomic E-state index is -1.07. The molecular weight excluding hydrogens is 340 g/mol. The molecule has 1 N–H and O–H groups in total. The molecule has 0 aromatic rings. The Labute approximate surface area is 155 Å². The van der Waals surface area contributed by atoms with Gasteiger partial charge in [0.05, 0.1) is 12.5 Å². The van der Waals surface area contributed by atoms with Gasteiger partial charge in [0.15, 0.2) is 11.9 Å². The molecule has 0 spiro atoms. The van der Waals surface area contributed by atoms with Gasteiger partial charge in [-0.25, -0.2) is 0 Å². The summed E-state index contributed by atoms with van der Waals surface area (Å²) in [5.41, 5.74) is 0. The second-order valence-corrected chi connectivity index (χ2v) is 7.42. The van der Waals surface area contributed by atoms with Crippen LogP contribution in [-0.2, 0) is 28.6 Å². The van der Waals surface area contributed by atoms with Crippen LogP contribution in [-0.4, -0.2) is 54.9 Å². The van der Waals surface area contributed by atoms with Crippen LogP contribution in [0.25, 0.3) is 0 Å². The van der Waals surface area contributed by atoms with Gasteiger partial charge in [-0.1, -0.05) is 34.1 Å². The van der Waals surface area contributed by atoms with E-state index in [2.05, 4.69) is 0 Å². The first-order valence-electron chi connectivity index (χ1n) is 9.21. The molecule has 0 aromatic heterocycles. The third-order valence-corrected chi connectivity index (χ3v) is 5.11. The van der Waals surface area contributed by atoms with Crippen molar-refractivity contribution in [1.82, 2.24) is 0 Å². The average Bonchev–Trinajstić information content (AvgIpc) is 2.56. The first-order chi connectivity index (χ1) is 12.2. The molecule has 0 amide bonds. The minimum Gasteiger partial charge on any atom is -0.459 e. The van der Waals surface area contributed by atoms with Gasteiger partial charge >= 0.3 is 11.9 Å². The van der Waals surface area contributed by atoms with Gasteiger partial charge in [0, 0.05) is 26.4 Å². The molecule has 1 fully saturated rings. The number of aliphatic hydroxyl groups excluding tert-OH is 1. The van der Waals surface area contributed by atoms with Crippen LogP contribution < -0.4 is 0 Å². The summed E-state index contributed by atoms with van der Waals surface area (Å²) in [6.45, 7) is 8.45. The van der Waals surface area contributed by atoms with Gasteiger partial charge in [-0.3, -0.25) is 14.4 Å². The normalized spacial score (nSPS) is 30.2. The number of aliphatic hydroxyl groups is 1. The fourth-order valence-electron chi connectivity index (χ4n) is 3.50. The van der Waals surface area contributed by atoms with E-state index in [0.29, 0.717) is 0 Å². The van der Waals surface area contributed by atoms with Crippen LogP contribution in [0.5, 0.6) is 0 Å². The lowest BCUT2D eigenvalue weighted by Crippen LogP contribution is -2.61. The predicted molar refractivity (Wildman–Crippen MR) is 94.2 cm³/mol. The number of esters is 2. The van der Waals surface area contributed by atoms with Gasteiger partial charge in [-0.05, 0) is 11.8 Å². The van der Waals surface area contributed by atoms with Gasteiger partial charge < -0.3 is 19.3 Å². The molecule has 6 atom stereocenters. The Balaban J connectivity index is 3.19. The van der Waals surface area contributed by atoms with Crippen molar-refractivity contribution in [2.45, 2.75) is 65.8 Å². The van der Waals surface area contributed by atoms with E-state index in [9.17, 15) is 19.5 Å². The Hall–Kier alpha value is -1.47. The quantitative estimate of drug-likeness (QED) is 0.648. The molecule has 0 saturated heterocycles. The van der Waals surface area contributed by atoms with Gasteiger partial charge in [-0.15, -0.1) is 0 Å². The molecule has 0 heterocycles. The van der Waals surface area contributed by atoms with Crippen LogP contribution in [0.15, 0.2) is 0 Å². The maximum Gasteiger partial charge on any atom is 0.306 e. The lowest BCUT2D eigenvalue weighted by atomic mass is 9.70. The number of carbonyl (C=O) groups excluding carboxylic acids is 3. The maximum absolute atomic E-state index is 12.9. The molecule has 1 rings (SSSR count). The second-order valence-electron chi connectivity index (χ2n) is 7.42. The molecule has 1 aliphatic carbocycles. The molecule has 7 nitrogen and oxygen atoms in total. The SMILES string of the molecule is CC[C@H](C)CC(=O)O[C@H]1C(=O)[C@@H](CO)[C@@H](OC)[C@@H](OC(C)=O)[C@H]1C(C)C. The Kier molecular flexibility index (Phi) is 8.70. The van der Waals surface area contributed by atoms with E-state index in [1.165, 1.54) is 14.0 Å². The number of ether oxygens (including phenoxy) is 3. The van der Waals surface area contributed by atoms with Crippen molar-refractivity contribution in [3.63, 3.8) is 0 Å². The highest BCUT2D eigenvalue weighted by molar-refractivity contribution is 5.90. The fourth-order valence-corrected chi connectivity index (χ4v) is 3.50. The predicted octanol–water partition coefficient (Wildman–Crippen LogP) is 1.74. The number of Topliss-reactive ketones (excluding diaryl/α,β-unsaturated/α-hetero) is 1. The summed E-state index contributed by atoms with van der Waals surface area (Å²) in [7, 11) is 1.41. The molecule has 26 heavy (non-hydrogen) atoms. The smallest absolute Gasteiger partial charge is 0.306 e. The molecule has 7 heteroatoms. The zero-order chi connectivity index (χ0) is 20.0. The molecule has 150 valence electrons. The van der Waals surface area contributed by atoms with Crippen molar-refractivity contribution in [2.24, 2.45) is 23.7 Å². The van der Waals surface area contributed by atoms with E-state index >= 15 is 0 Å². The van der Waals surface area contributed by atoms with Crippen molar-refractivity contribution in [3.8, 4) is 0 Å². The Morgan fingerprint density at radius 1 is 1.15 bits per heavy atom. The molecule has 0 aromatic carbocycles. The first kappa shape index (κ1) is 22.6. The average molecular weight is 372 g/mol. The van der Waals surface area contributed by atoms with Crippen LogP contribution in [0, 0.1) is 23.7 Å². The molecule has 0 bridgehead atoms. The minimum absolute atomic E-state index is 0.109. The zero-order valence-electron chi connectivity index (χ0n) is 16.6. The van der Waals surface area contributed by atoms with E-state index < -0.39 is 48.7 Å². The fraction of sp³-hybridized carbons (Fsp3) is 0.842. The van der Waals surface area contributed by atoms with Crippen LogP contribution in [0.2, 0.25) is 0 Å². The highest BCUT2D eigenvalue weighted by Gasteiger charge is 2.54. The highest BCUT2D eigenvalue weighted by Crippen LogP contribution is 2.37. The summed E-state index contributed by atoms with van der Waals surface area (Å²) in [5, 5.41) is 9.69. The van der Waals surface area contributed by atoms with E-state index in [1.807, 2.05) is 27.7 Å². The van der Waals surface area contributed by atoms with Crippen LogP contribution in [0.4, 0.5) is 0 Å². The lowest BCUT2D eigenvalue weighted by molar-refractivity contribution is -0.199. The largest absolute Gasteiger partial charge is 0.459 e. The number of methoxy groups -OCH3 is 1. The van der Waals surface area contributed by atoms with Gasteiger partial charge in [-0.2, -0.15) is 0 Å². The number of hydrogen-bond donors (Lipinski definition) is 1. The van der Waals surface area contributed by atoms with Crippen molar-refractivity contribution in [1.29, 1.82) is 0 Å². The monoisotopic (exact) mass is 372 g/mol. The van der Waals surface area contributed by atoms with Gasteiger partial charge in [0.1, 0.15) is 12.2 Å². The topological polar surface area (TPSA) is 99.1 Å². The van der Waals surface area contributed by atoms with E-state index in [1.54, 1.807) is 0 Å². The summed E-state index contributed by atoms with van der Waals surface area (Å²) in [5.74, 6) is -2.79. The summed E-state index contributed by atoms with van der Waals surface area (Å²) in [6.07, 6.45) is -1.61. The van der Waals surface area contributed by atoms with E-state index in [4.69, 9.17) is 14.2 Å². The number of carbonyl (C=O) groups is 3. The van der Waals surface area contributed by atoms with Crippen LogP contribution >= 0.6 is 0 Å². The van der Waals surface area contributed by atoms with Crippen molar-refractivity contribution < 1.29 is 33.7 Å². The van der Waals surface area contributed by atoms with E-state index in [-0.39, 0.29) is 24.0 Å². The molecule has 0 radical (unpaired) electrons. The van der Waals surface area contributed by atoms with Crippen LogP contribution in [0.3, 0.4) is 0 Å². The third-order valence-electron chi connectivity index (χ3n) is 5.11. The van der Waals surface area contributed by atoms with Crippen molar-refractivity contribution in [3.05, 3.63) is 0 Å². The Bertz CT molecular complexity index is 502. The van der Waals surface area contributed by atoms with Crippen molar-refractivity contribution in [2.75, 3.05) is 13.7 Å². The summed E-state index contributed by atoms with van der Waals surface area (Å²) >= 11 is 0. The zero-order valence-corrected chi connectivity index (χ0v) is 16.6. The van der Waals surface area contributed by atoms with Gasteiger partial charge in [0.25, 0.3) is 0 Å². The second kappa shape index (κ2) is 10.0. The Morgan fingerprint density at radius 3 is 2.19 bits per heavy atom. The third kappa shape index (κ3) is 5.27. The molecular formula is C19H32O7. The summed E-state index contributed by atoms with van der Waals surface area (Å²) in [6, 6.07) is 0. The molecule has 1 saturated carbocycles. The molecule has 0 aliphatic heterocycles. The number of ketones is 1. The number of hydrogen-bond acceptors (Lipinski definition) is 7. The summed E-state index contributed by atoms with van der Waals surface area (Å²) < 4.78 is 16.4. The van der Waals surface area contributed by atoms with Crippen molar-refractivity contribution >= 4 is 17.7 Å². The molecule has 0 unspecified atom stereocenters. The first-order valence-corrected chi connectivity index (χ1v) is 9.21.